The molecule has 0 aliphatic carbocycles. The largest absolute Gasteiger partial charge is 0.481 e. The molecule has 1 fully saturated rings. The lowest BCUT2D eigenvalue weighted by Gasteiger charge is -2.30. The van der Waals surface area contributed by atoms with Crippen molar-refractivity contribution < 1.29 is 100 Å². The lowest BCUT2D eigenvalue weighted by molar-refractivity contribution is -0.138. The number of fused-ring (bicyclic) bond motifs is 1. The molecule has 0 radical (unpaired) electrons. The molecule has 0 saturated carbocycles. The molecule has 1 aliphatic rings. The molecule has 2 unspecified atom stereocenters. The Morgan fingerprint density at radius 2 is 1.61 bits per heavy atom. The molecule has 0 aromatic carbocycles. The van der Waals surface area contributed by atoms with Crippen LogP contribution in [0.3, 0.4) is 0 Å². The standard InChI is InChI=1S/C25H40N7O19P3S.C2H4O2/c1-25(2,20(38)23(39)28-6-5-14(33)27-7-8-55-16(36)4-3-15(34)35)10-48-54(45,46)51-53(43,44)47-9-13-19(50-52(40,41)42)18(37)24(49-13)32-12-31-17-21(26)29-11-30-22(17)32;1-2(3)4/h11-13,18-20,24,37-38H,3-10H2,1-2H3,(H,27,33)(H,28,39)(H,34,35)(H,43,44)(H,45,46)(H2,26,29,30)(H2,40,41,42);1H3,(H,3,4)/t13-,18-,19-,20+,24-;/m1./s1. The number of nitrogens with two attached hydrogens (primary N) is 1. The lowest BCUT2D eigenvalue weighted by atomic mass is 9.87. The van der Waals surface area contributed by atoms with Crippen molar-refractivity contribution in [1.29, 1.82) is 0 Å². The average Bonchev–Trinajstić information content (AvgIpc) is 3.67. The number of nitrogens with zero attached hydrogens (tertiary/aromatic N) is 4. The second-order valence-electron chi connectivity index (χ2n) is 12.7. The normalized spacial score (nSPS) is 20.7. The Kier molecular flexibility index (Phi) is 19.6. The molecule has 3 heterocycles. The highest BCUT2D eigenvalue weighted by Gasteiger charge is 2.50. The number of rotatable bonds is 22. The molecule has 12 N–H and O–H groups in total. The number of hydrogen-bond acceptors (Lipinski definition) is 20. The minimum Gasteiger partial charge on any atom is -0.481 e. The van der Waals surface area contributed by atoms with Crippen LogP contribution in [0.25, 0.3) is 11.2 Å². The van der Waals surface area contributed by atoms with Gasteiger partial charge >= 0.3 is 29.4 Å². The summed E-state index contributed by atoms with van der Waals surface area (Å²) < 4.78 is 61.9. The molecule has 3 rings (SSSR count). The van der Waals surface area contributed by atoms with Gasteiger partial charge in [-0.1, -0.05) is 25.6 Å². The number of aliphatic hydroxyl groups excluding tert-OH is 2. The summed E-state index contributed by atoms with van der Waals surface area (Å²) in [5, 5.41) is 41.8. The highest BCUT2D eigenvalue weighted by molar-refractivity contribution is 8.13. The molecule has 7 atom stereocenters. The van der Waals surface area contributed by atoms with Crippen LogP contribution in [0.15, 0.2) is 12.7 Å². The summed E-state index contributed by atoms with van der Waals surface area (Å²) in [6.45, 7) is 1.30. The fraction of sp³-hybridized carbons (Fsp3) is 0.630. The van der Waals surface area contributed by atoms with Gasteiger partial charge in [0.15, 0.2) is 22.8 Å². The van der Waals surface area contributed by atoms with Gasteiger partial charge in [-0.3, -0.25) is 42.1 Å². The number of imidazole rings is 1. The van der Waals surface area contributed by atoms with Crippen LogP contribution in [0.2, 0.25) is 0 Å². The van der Waals surface area contributed by atoms with Gasteiger partial charge in [0.2, 0.25) is 11.8 Å². The zero-order valence-electron chi connectivity index (χ0n) is 31.2. The number of anilines is 1. The van der Waals surface area contributed by atoms with E-state index in [-0.39, 0.29) is 60.2 Å². The summed E-state index contributed by atoms with van der Waals surface area (Å²) in [6, 6.07) is 0. The van der Waals surface area contributed by atoms with E-state index in [1.165, 1.54) is 13.8 Å². The first-order valence-corrected chi connectivity index (χ1v) is 22.1. The summed E-state index contributed by atoms with van der Waals surface area (Å²) in [5.74, 6) is -3.35. The van der Waals surface area contributed by atoms with Crippen LogP contribution in [-0.2, 0) is 60.3 Å². The molecule has 334 valence electrons. The molecule has 2 aromatic heterocycles. The van der Waals surface area contributed by atoms with Gasteiger partial charge < -0.3 is 61.1 Å². The number of ether oxygens (including phenoxy) is 1. The van der Waals surface area contributed by atoms with E-state index in [2.05, 4.69) is 34.4 Å². The zero-order valence-corrected chi connectivity index (χ0v) is 34.7. The van der Waals surface area contributed by atoms with Crippen molar-refractivity contribution in [3.05, 3.63) is 12.7 Å². The molecular formula is C27H44N7O21P3S. The summed E-state index contributed by atoms with van der Waals surface area (Å²) in [6.07, 6.45) is -7.55. The van der Waals surface area contributed by atoms with E-state index in [9.17, 15) is 62.7 Å². The summed E-state index contributed by atoms with van der Waals surface area (Å²) in [5.41, 5.74) is 4.20. The Morgan fingerprint density at radius 1 is 0.983 bits per heavy atom. The van der Waals surface area contributed by atoms with Crippen LogP contribution in [0.1, 0.15) is 46.3 Å². The van der Waals surface area contributed by atoms with Crippen LogP contribution in [-0.4, -0.2) is 145 Å². The highest BCUT2D eigenvalue weighted by Crippen LogP contribution is 2.61. The summed E-state index contributed by atoms with van der Waals surface area (Å²) in [7, 11) is -16.4. The third-order valence-electron chi connectivity index (χ3n) is 7.31. The molecule has 28 nitrogen and oxygen atoms in total. The van der Waals surface area contributed by atoms with Crippen molar-refractivity contribution in [1.82, 2.24) is 30.2 Å². The average molecular weight is 928 g/mol. The minimum atomic E-state index is -5.59. The molecule has 59 heavy (non-hydrogen) atoms. The number of carboxylic acids is 2. The third-order valence-corrected chi connectivity index (χ3v) is 11.3. The maximum Gasteiger partial charge on any atom is 0.481 e. The van der Waals surface area contributed by atoms with Gasteiger partial charge in [0.25, 0.3) is 5.97 Å². The first-order valence-electron chi connectivity index (χ1n) is 16.6. The summed E-state index contributed by atoms with van der Waals surface area (Å²) in [4.78, 5) is 106. The number of aliphatic hydroxyl groups is 2. The van der Waals surface area contributed by atoms with Crippen molar-refractivity contribution in [3.8, 4) is 0 Å². The number of carboxylic acid groups (broad SMARTS) is 2. The van der Waals surface area contributed by atoms with Gasteiger partial charge in [-0.25, -0.2) is 28.6 Å². The zero-order chi connectivity index (χ0) is 44.9. The number of carbonyl (C=O) groups is 5. The Hall–Kier alpha value is -3.50. The first-order chi connectivity index (χ1) is 27.1. The van der Waals surface area contributed by atoms with Crippen LogP contribution in [0, 0.1) is 5.41 Å². The number of phosphoric acid groups is 3. The molecule has 1 aliphatic heterocycles. The molecule has 0 spiro atoms. The van der Waals surface area contributed by atoms with E-state index in [1.54, 1.807) is 0 Å². The molecule has 0 bridgehead atoms. The maximum atomic E-state index is 12.6. The number of carbonyl (C=O) groups excluding carboxylic acids is 3. The van der Waals surface area contributed by atoms with E-state index in [4.69, 9.17) is 34.5 Å². The Morgan fingerprint density at radius 3 is 2.22 bits per heavy atom. The predicted octanol–water partition coefficient (Wildman–Crippen LogP) is -1.38. The fourth-order valence-electron chi connectivity index (χ4n) is 4.58. The van der Waals surface area contributed by atoms with Crippen molar-refractivity contribution >= 4 is 81.1 Å². The van der Waals surface area contributed by atoms with Crippen LogP contribution >= 0.6 is 35.2 Å². The monoisotopic (exact) mass is 927 g/mol. The third kappa shape index (κ3) is 17.9. The first kappa shape index (κ1) is 51.6. The van der Waals surface area contributed by atoms with Gasteiger partial charge in [-0.2, -0.15) is 4.31 Å². The van der Waals surface area contributed by atoms with Crippen LogP contribution in [0.4, 0.5) is 5.82 Å². The van der Waals surface area contributed by atoms with Crippen LogP contribution in [0.5, 0.6) is 0 Å². The summed E-state index contributed by atoms with van der Waals surface area (Å²) >= 11 is 0.849. The predicted molar refractivity (Wildman–Crippen MR) is 197 cm³/mol. The highest BCUT2D eigenvalue weighted by atomic mass is 32.2. The number of aromatic nitrogens is 4. The van der Waals surface area contributed by atoms with E-state index < -0.39 is 96.5 Å². The van der Waals surface area contributed by atoms with Crippen molar-refractivity contribution in [2.75, 3.05) is 37.8 Å². The van der Waals surface area contributed by atoms with E-state index in [0.717, 1.165) is 35.9 Å². The van der Waals surface area contributed by atoms with Gasteiger partial charge in [-0.05, 0) is 0 Å². The second kappa shape index (κ2) is 22.4. The van der Waals surface area contributed by atoms with Crippen molar-refractivity contribution in [2.24, 2.45) is 5.41 Å². The number of phosphoric ester groups is 3. The van der Waals surface area contributed by atoms with Gasteiger partial charge in [0.1, 0.15) is 36.3 Å². The van der Waals surface area contributed by atoms with Gasteiger partial charge in [-0.15, -0.1) is 0 Å². The van der Waals surface area contributed by atoms with E-state index >= 15 is 0 Å². The Labute approximate surface area is 337 Å². The van der Waals surface area contributed by atoms with E-state index in [0.29, 0.717) is 0 Å². The lowest BCUT2D eigenvalue weighted by Crippen LogP contribution is -2.46. The molecule has 2 aromatic rings. The number of hydrogen-bond donors (Lipinski definition) is 11. The number of nitrogens with one attached hydrogen (secondary N) is 2. The van der Waals surface area contributed by atoms with E-state index in [1.807, 2.05) is 0 Å². The maximum absolute atomic E-state index is 12.6. The second-order valence-corrected chi connectivity index (χ2v) is 18.1. The molecule has 1 saturated heterocycles. The van der Waals surface area contributed by atoms with Crippen molar-refractivity contribution in [2.45, 2.75) is 70.7 Å². The van der Waals surface area contributed by atoms with Crippen molar-refractivity contribution in [3.63, 3.8) is 0 Å². The number of aliphatic carboxylic acids is 2. The van der Waals surface area contributed by atoms with Gasteiger partial charge in [0.05, 0.1) is 26.0 Å². The fourth-order valence-corrected chi connectivity index (χ4v) is 8.08. The number of thioether (sulfide) groups is 1. The number of nitrogen functional groups attached to an aromatic ring is 1. The smallest absolute Gasteiger partial charge is 0.481 e. The quantitative estimate of drug-likeness (QED) is 0.0479. The van der Waals surface area contributed by atoms with Gasteiger partial charge in [0, 0.05) is 44.0 Å². The Balaban J connectivity index is 0.00000286. The number of amides is 2. The topological polar surface area (TPSA) is 438 Å². The molecule has 32 heteroatoms. The minimum absolute atomic E-state index is 0.0197. The molecule has 2 amide bonds. The molecular weight excluding hydrogens is 883 g/mol. The van der Waals surface area contributed by atoms with Crippen LogP contribution < -0.4 is 16.4 Å². The SMILES string of the molecule is CC(=O)O.CC(C)(COP(=O)(O)OP(=O)(O)OC[C@H]1O[C@@H](n2cnc3c(N)ncnc32)[C@H](O)[C@@H]1OP(=O)(O)O)[C@@H](O)C(=O)NCCC(=O)NCCSC(=O)CCC(=O)O. The Bertz CT molecular complexity index is 1950.